The SMILES string of the molecule is COc1ccc(-c2ccccc2)c2c1CC(NC(=O)c1ccnc(Br)c1)=N2. The number of amides is 1. The van der Waals surface area contributed by atoms with Crippen LogP contribution in [0.5, 0.6) is 5.75 Å². The molecule has 1 aromatic heterocycles. The Morgan fingerprint density at radius 3 is 2.70 bits per heavy atom. The lowest BCUT2D eigenvalue weighted by Gasteiger charge is -2.10. The zero-order valence-corrected chi connectivity index (χ0v) is 16.2. The van der Waals surface area contributed by atoms with Gasteiger partial charge in [0.2, 0.25) is 0 Å². The van der Waals surface area contributed by atoms with Crippen LogP contribution in [-0.2, 0) is 6.42 Å². The van der Waals surface area contributed by atoms with Gasteiger partial charge in [0.15, 0.2) is 0 Å². The van der Waals surface area contributed by atoms with Crippen LogP contribution in [0.15, 0.2) is 70.4 Å². The van der Waals surface area contributed by atoms with Crippen molar-refractivity contribution in [3.8, 4) is 16.9 Å². The summed E-state index contributed by atoms with van der Waals surface area (Å²) in [6, 6.07) is 17.3. The van der Waals surface area contributed by atoms with Crippen molar-refractivity contribution in [3.05, 3.63) is 76.5 Å². The van der Waals surface area contributed by atoms with Crippen LogP contribution in [0.4, 0.5) is 5.69 Å². The van der Waals surface area contributed by atoms with Gasteiger partial charge in [-0.2, -0.15) is 0 Å². The summed E-state index contributed by atoms with van der Waals surface area (Å²) < 4.78 is 6.11. The Balaban J connectivity index is 1.67. The zero-order valence-electron chi connectivity index (χ0n) is 14.6. The highest BCUT2D eigenvalue weighted by atomic mass is 79.9. The lowest BCUT2D eigenvalue weighted by molar-refractivity contribution is 0.0976. The van der Waals surface area contributed by atoms with Gasteiger partial charge in [0, 0.05) is 29.3 Å². The monoisotopic (exact) mass is 421 g/mol. The number of rotatable bonds is 3. The standard InChI is InChI=1S/C21H16BrN3O2/c1-27-17-8-7-15(13-5-3-2-4-6-13)20-16(17)12-19(24-20)25-21(26)14-9-10-23-18(22)11-14/h2-11H,12H2,1H3,(H,24,25,26). The van der Waals surface area contributed by atoms with Gasteiger partial charge in [-0.3, -0.25) is 4.79 Å². The average molecular weight is 422 g/mol. The number of ether oxygens (including phenoxy) is 1. The van der Waals surface area contributed by atoms with Crippen LogP contribution >= 0.6 is 15.9 Å². The molecule has 0 unspecified atom stereocenters. The molecular weight excluding hydrogens is 406 g/mol. The maximum Gasteiger partial charge on any atom is 0.256 e. The largest absolute Gasteiger partial charge is 0.496 e. The molecule has 0 aliphatic carbocycles. The van der Waals surface area contributed by atoms with E-state index in [0.29, 0.717) is 22.4 Å². The van der Waals surface area contributed by atoms with E-state index in [0.717, 1.165) is 28.1 Å². The number of hydrogen-bond donors (Lipinski definition) is 1. The number of nitrogens with one attached hydrogen (secondary N) is 1. The molecule has 134 valence electrons. The van der Waals surface area contributed by atoms with Crippen molar-refractivity contribution in [2.24, 2.45) is 4.99 Å². The van der Waals surface area contributed by atoms with E-state index < -0.39 is 0 Å². The summed E-state index contributed by atoms with van der Waals surface area (Å²) in [6.45, 7) is 0. The number of pyridine rings is 1. The first-order valence-electron chi connectivity index (χ1n) is 8.41. The Morgan fingerprint density at radius 2 is 1.96 bits per heavy atom. The Hall–Kier alpha value is -2.99. The van der Waals surface area contributed by atoms with Crippen LogP contribution in [0.3, 0.4) is 0 Å². The molecule has 1 N–H and O–H groups in total. The van der Waals surface area contributed by atoms with E-state index in [-0.39, 0.29) is 5.91 Å². The molecule has 0 spiro atoms. The van der Waals surface area contributed by atoms with Crippen molar-refractivity contribution >= 4 is 33.4 Å². The summed E-state index contributed by atoms with van der Waals surface area (Å²) in [5, 5.41) is 2.91. The van der Waals surface area contributed by atoms with Gasteiger partial charge in [0.25, 0.3) is 5.91 Å². The topological polar surface area (TPSA) is 63.6 Å². The van der Waals surface area contributed by atoms with Gasteiger partial charge >= 0.3 is 0 Å². The number of carbonyl (C=O) groups excluding carboxylic acids is 1. The predicted octanol–water partition coefficient (Wildman–Crippen LogP) is 4.54. The minimum absolute atomic E-state index is 0.218. The van der Waals surface area contributed by atoms with Gasteiger partial charge in [-0.25, -0.2) is 9.98 Å². The lowest BCUT2D eigenvalue weighted by Crippen LogP contribution is -2.30. The van der Waals surface area contributed by atoms with Crippen LogP contribution in [0.1, 0.15) is 15.9 Å². The normalized spacial score (nSPS) is 12.3. The molecule has 1 aliphatic rings. The van der Waals surface area contributed by atoms with Crippen molar-refractivity contribution in [2.45, 2.75) is 6.42 Å². The fourth-order valence-corrected chi connectivity index (χ4v) is 3.48. The van der Waals surface area contributed by atoms with Crippen molar-refractivity contribution < 1.29 is 9.53 Å². The second kappa shape index (κ2) is 7.32. The first kappa shape index (κ1) is 17.4. The Labute approximate surface area is 165 Å². The first-order chi connectivity index (χ1) is 13.2. The molecule has 2 aromatic carbocycles. The number of fused-ring (bicyclic) bond motifs is 1. The predicted molar refractivity (Wildman–Crippen MR) is 109 cm³/mol. The van der Waals surface area contributed by atoms with Crippen LogP contribution in [-0.4, -0.2) is 23.8 Å². The lowest BCUT2D eigenvalue weighted by atomic mass is 9.99. The summed E-state index contributed by atoms with van der Waals surface area (Å²) in [7, 11) is 1.64. The van der Waals surface area contributed by atoms with Gasteiger partial charge < -0.3 is 10.1 Å². The fourth-order valence-electron chi connectivity index (χ4n) is 3.12. The van der Waals surface area contributed by atoms with E-state index in [1.165, 1.54) is 0 Å². The van der Waals surface area contributed by atoms with Crippen molar-refractivity contribution in [2.75, 3.05) is 7.11 Å². The number of amidine groups is 1. The molecule has 0 saturated heterocycles. The first-order valence-corrected chi connectivity index (χ1v) is 9.21. The van der Waals surface area contributed by atoms with Gasteiger partial charge in [-0.15, -0.1) is 0 Å². The summed E-state index contributed by atoms with van der Waals surface area (Å²) in [5.74, 6) is 1.15. The van der Waals surface area contributed by atoms with E-state index in [2.05, 4.69) is 26.2 Å². The van der Waals surface area contributed by atoms with Gasteiger partial charge in [-0.05, 0) is 45.8 Å². The van der Waals surface area contributed by atoms with Crippen molar-refractivity contribution in [3.63, 3.8) is 0 Å². The van der Waals surface area contributed by atoms with E-state index in [4.69, 9.17) is 9.73 Å². The number of halogens is 1. The van der Waals surface area contributed by atoms with Crippen molar-refractivity contribution in [1.82, 2.24) is 10.3 Å². The van der Waals surface area contributed by atoms with Crippen LogP contribution in [0.25, 0.3) is 11.1 Å². The molecule has 6 heteroatoms. The smallest absolute Gasteiger partial charge is 0.256 e. The molecule has 2 heterocycles. The summed E-state index contributed by atoms with van der Waals surface area (Å²) in [6.07, 6.45) is 2.10. The van der Waals surface area contributed by atoms with E-state index in [1.54, 1.807) is 25.4 Å². The number of benzene rings is 2. The number of carbonyl (C=O) groups is 1. The van der Waals surface area contributed by atoms with Gasteiger partial charge in [-0.1, -0.05) is 30.3 Å². The highest BCUT2D eigenvalue weighted by Gasteiger charge is 2.24. The molecule has 1 aliphatic heterocycles. The highest BCUT2D eigenvalue weighted by Crippen LogP contribution is 2.42. The van der Waals surface area contributed by atoms with E-state index >= 15 is 0 Å². The molecule has 0 bridgehead atoms. The van der Waals surface area contributed by atoms with E-state index in [1.807, 2.05) is 42.5 Å². The molecule has 1 amide bonds. The molecule has 3 aromatic rings. The zero-order chi connectivity index (χ0) is 18.8. The second-order valence-electron chi connectivity index (χ2n) is 6.07. The average Bonchev–Trinajstić information content (AvgIpc) is 3.11. The van der Waals surface area contributed by atoms with Gasteiger partial charge in [0.05, 0.1) is 12.8 Å². The number of aliphatic imine (C=N–C) groups is 1. The summed E-state index contributed by atoms with van der Waals surface area (Å²) >= 11 is 3.28. The summed E-state index contributed by atoms with van der Waals surface area (Å²) in [4.78, 5) is 21.3. The molecule has 27 heavy (non-hydrogen) atoms. The quantitative estimate of drug-likeness (QED) is 0.631. The van der Waals surface area contributed by atoms with Crippen molar-refractivity contribution in [1.29, 1.82) is 0 Å². The maximum atomic E-state index is 12.5. The van der Waals surface area contributed by atoms with E-state index in [9.17, 15) is 4.79 Å². The number of aromatic nitrogens is 1. The van der Waals surface area contributed by atoms with Gasteiger partial charge in [0.1, 0.15) is 16.2 Å². The number of nitrogens with zero attached hydrogens (tertiary/aromatic N) is 2. The van der Waals surface area contributed by atoms with Crippen LogP contribution in [0.2, 0.25) is 0 Å². The minimum atomic E-state index is -0.218. The fraction of sp³-hybridized carbons (Fsp3) is 0.0952. The second-order valence-corrected chi connectivity index (χ2v) is 6.88. The molecule has 4 rings (SSSR count). The molecule has 0 radical (unpaired) electrons. The molecule has 0 atom stereocenters. The summed E-state index contributed by atoms with van der Waals surface area (Å²) in [5.41, 5.74) is 4.43. The third-order valence-electron chi connectivity index (χ3n) is 4.38. The third kappa shape index (κ3) is 3.48. The molecule has 0 saturated carbocycles. The maximum absolute atomic E-state index is 12.5. The Morgan fingerprint density at radius 1 is 1.15 bits per heavy atom. The third-order valence-corrected chi connectivity index (χ3v) is 4.82. The van der Waals surface area contributed by atoms with Crippen LogP contribution in [0, 0.1) is 0 Å². The number of methoxy groups -OCH3 is 1. The highest BCUT2D eigenvalue weighted by molar-refractivity contribution is 9.10. The molecule has 0 fully saturated rings. The molecular formula is C21H16BrN3O2. The Bertz CT molecular complexity index is 1050. The van der Waals surface area contributed by atoms with Crippen LogP contribution < -0.4 is 10.1 Å². The minimum Gasteiger partial charge on any atom is -0.496 e. The molecule has 5 nitrogen and oxygen atoms in total. The Kier molecular flexibility index (Phi) is 4.73. The number of hydrogen-bond acceptors (Lipinski definition) is 4.